The van der Waals surface area contributed by atoms with Gasteiger partial charge in [-0.25, -0.2) is 4.98 Å². The summed E-state index contributed by atoms with van der Waals surface area (Å²) < 4.78 is 12.9. The Morgan fingerprint density at radius 3 is 2.50 bits per heavy atom. The SMILES string of the molecule is Cc1ccc(SCCCCC(=O)N(C)CC(O)C(O)C(O)C(O)CO)nc1COC1(c2cnccc2-c2ccccc2OC2CC2)CC1. The number of thioether (sulfide) groups is 1. The van der Waals surface area contributed by atoms with Gasteiger partial charge in [0.15, 0.2) is 0 Å². The molecule has 0 bridgehead atoms. The molecule has 5 N–H and O–H groups in total. The summed E-state index contributed by atoms with van der Waals surface area (Å²) in [7, 11) is 1.51. The summed E-state index contributed by atoms with van der Waals surface area (Å²) in [5.41, 5.74) is 4.75. The number of amides is 1. The Bertz CT molecular complexity index is 1520. The minimum atomic E-state index is -1.73. The molecular formula is C36H47N3O8S. The molecule has 2 aromatic heterocycles. The molecule has 5 rings (SSSR count). The van der Waals surface area contributed by atoms with E-state index in [9.17, 15) is 25.2 Å². The Balaban J connectivity index is 1.10. The van der Waals surface area contributed by atoms with E-state index in [-0.39, 0.29) is 18.9 Å². The number of benzene rings is 1. The van der Waals surface area contributed by atoms with E-state index in [1.807, 2.05) is 49.6 Å². The Kier molecular flexibility index (Phi) is 12.5. The summed E-state index contributed by atoms with van der Waals surface area (Å²) in [5.74, 6) is 1.46. The molecule has 0 spiro atoms. The maximum Gasteiger partial charge on any atom is 0.222 e. The molecule has 1 amide bonds. The summed E-state index contributed by atoms with van der Waals surface area (Å²) in [6.07, 6.45) is 3.24. The van der Waals surface area contributed by atoms with Crippen LogP contribution in [0.3, 0.4) is 0 Å². The Morgan fingerprint density at radius 2 is 1.77 bits per heavy atom. The molecule has 2 aliphatic rings. The van der Waals surface area contributed by atoms with Crippen molar-refractivity contribution in [3.8, 4) is 16.9 Å². The van der Waals surface area contributed by atoms with Crippen molar-refractivity contribution >= 4 is 17.7 Å². The number of rotatable bonds is 19. The molecule has 0 saturated heterocycles. The topological polar surface area (TPSA) is 166 Å². The average molecular weight is 682 g/mol. The summed E-state index contributed by atoms with van der Waals surface area (Å²) in [5, 5.41) is 49.2. The fraction of sp³-hybridized carbons (Fsp3) is 0.528. The van der Waals surface area contributed by atoms with Crippen LogP contribution in [0.15, 0.2) is 59.9 Å². The third-order valence-electron chi connectivity index (χ3n) is 8.92. The number of para-hydroxylation sites is 1. The minimum absolute atomic E-state index is 0.207. The van der Waals surface area contributed by atoms with E-state index in [0.717, 1.165) is 76.6 Å². The number of unbranched alkanes of at least 4 members (excludes halogenated alkanes) is 1. The van der Waals surface area contributed by atoms with Gasteiger partial charge in [-0.2, -0.15) is 0 Å². The number of hydrogen-bond donors (Lipinski definition) is 5. The third kappa shape index (κ3) is 9.32. The molecule has 4 unspecified atom stereocenters. The smallest absolute Gasteiger partial charge is 0.222 e. The predicted molar refractivity (Wildman–Crippen MR) is 181 cm³/mol. The molecule has 2 fully saturated rings. The lowest BCUT2D eigenvalue weighted by molar-refractivity contribution is -0.138. The number of nitrogens with zero attached hydrogens (tertiary/aromatic N) is 3. The number of aromatic nitrogens is 2. The number of aliphatic hydroxyl groups is 5. The second-order valence-electron chi connectivity index (χ2n) is 12.8. The molecule has 2 aliphatic carbocycles. The molecule has 4 atom stereocenters. The van der Waals surface area contributed by atoms with Crippen LogP contribution in [-0.4, -0.2) is 103 Å². The van der Waals surface area contributed by atoms with Crippen LogP contribution in [0.4, 0.5) is 0 Å². The molecule has 1 aromatic carbocycles. The second kappa shape index (κ2) is 16.5. The Morgan fingerprint density at radius 1 is 1.02 bits per heavy atom. The molecule has 48 heavy (non-hydrogen) atoms. The number of carbonyl (C=O) groups excluding carboxylic acids is 1. The molecule has 0 radical (unpaired) electrons. The van der Waals surface area contributed by atoms with Crippen LogP contribution in [0.1, 0.15) is 61.8 Å². The lowest BCUT2D eigenvalue weighted by Crippen LogP contribution is -2.49. The van der Waals surface area contributed by atoms with E-state index in [0.29, 0.717) is 19.1 Å². The quantitative estimate of drug-likeness (QED) is 0.0931. The van der Waals surface area contributed by atoms with Crippen LogP contribution in [-0.2, 0) is 21.7 Å². The van der Waals surface area contributed by atoms with Crippen molar-refractivity contribution in [3.05, 3.63) is 71.7 Å². The summed E-state index contributed by atoms with van der Waals surface area (Å²) in [6.45, 7) is 1.44. The highest BCUT2D eigenvalue weighted by Crippen LogP contribution is 2.53. The van der Waals surface area contributed by atoms with E-state index >= 15 is 0 Å². The lowest BCUT2D eigenvalue weighted by Gasteiger charge is -2.28. The van der Waals surface area contributed by atoms with Gasteiger partial charge in [-0.05, 0) is 80.5 Å². The second-order valence-corrected chi connectivity index (χ2v) is 13.9. The standard InChI is InChI=1S/C36H47N3O8S/c1-23-10-13-32(48-18-6-5-9-33(43)39(2)20-29(41)34(44)35(45)30(42)21-40)38-28(23)22-46-36(15-16-36)27-19-37-17-14-25(27)26-7-3-4-8-31(26)47-24-11-12-24/h3-4,7-8,10,13-14,17,19,24,29-30,34-35,40-42,44-45H,5-6,9,11-12,15-16,18,20-22H2,1-2H3. The Labute approximate surface area is 286 Å². The molecule has 12 heteroatoms. The van der Waals surface area contributed by atoms with Gasteiger partial charge in [0.2, 0.25) is 5.91 Å². The van der Waals surface area contributed by atoms with Gasteiger partial charge < -0.3 is 39.9 Å². The fourth-order valence-corrected chi connectivity index (χ4v) is 6.43. The van der Waals surface area contributed by atoms with Crippen LogP contribution >= 0.6 is 11.8 Å². The van der Waals surface area contributed by atoms with Crippen molar-refractivity contribution in [2.75, 3.05) is 26.0 Å². The molecule has 2 heterocycles. The number of aryl methyl sites for hydroxylation is 1. The Hall–Kier alpha value is -3.10. The van der Waals surface area contributed by atoms with E-state index < -0.39 is 36.6 Å². The largest absolute Gasteiger partial charge is 0.490 e. The first kappa shape index (κ1) is 36.2. The highest BCUT2D eigenvalue weighted by molar-refractivity contribution is 7.99. The molecule has 2 saturated carbocycles. The number of aliphatic hydroxyl groups excluding tert-OH is 5. The predicted octanol–water partition coefficient (Wildman–Crippen LogP) is 3.36. The summed E-state index contributed by atoms with van der Waals surface area (Å²) in [6, 6.07) is 14.3. The van der Waals surface area contributed by atoms with Crippen LogP contribution in [0, 0.1) is 6.92 Å². The highest BCUT2D eigenvalue weighted by Gasteiger charge is 2.48. The van der Waals surface area contributed by atoms with Crippen molar-refractivity contribution in [2.24, 2.45) is 0 Å². The first-order valence-corrected chi connectivity index (χ1v) is 17.6. The molecule has 0 aliphatic heterocycles. The van der Waals surface area contributed by atoms with Crippen LogP contribution < -0.4 is 4.74 Å². The zero-order valence-corrected chi connectivity index (χ0v) is 28.4. The minimum Gasteiger partial charge on any atom is -0.490 e. The first-order valence-electron chi connectivity index (χ1n) is 16.6. The van der Waals surface area contributed by atoms with Gasteiger partial charge in [0.05, 0.1) is 35.6 Å². The van der Waals surface area contributed by atoms with Crippen molar-refractivity contribution in [3.63, 3.8) is 0 Å². The average Bonchev–Trinajstić information content (AvgIpc) is 4.05. The monoisotopic (exact) mass is 681 g/mol. The van der Waals surface area contributed by atoms with Gasteiger partial charge in [0, 0.05) is 43.5 Å². The first-order chi connectivity index (χ1) is 23.1. The van der Waals surface area contributed by atoms with Crippen LogP contribution in [0.5, 0.6) is 5.75 Å². The molecule has 11 nitrogen and oxygen atoms in total. The fourth-order valence-electron chi connectivity index (χ4n) is 5.54. The maximum atomic E-state index is 12.5. The van der Waals surface area contributed by atoms with Gasteiger partial charge in [-0.15, -0.1) is 11.8 Å². The van der Waals surface area contributed by atoms with Gasteiger partial charge >= 0.3 is 0 Å². The van der Waals surface area contributed by atoms with E-state index in [4.69, 9.17) is 19.6 Å². The van der Waals surface area contributed by atoms with E-state index in [1.54, 1.807) is 11.8 Å². The molecular weight excluding hydrogens is 634 g/mol. The highest BCUT2D eigenvalue weighted by atomic mass is 32.2. The lowest BCUT2D eigenvalue weighted by atomic mass is 9.96. The summed E-state index contributed by atoms with van der Waals surface area (Å²) in [4.78, 5) is 23.2. The van der Waals surface area contributed by atoms with Gasteiger partial charge in [-0.1, -0.05) is 24.3 Å². The number of ether oxygens (including phenoxy) is 2. The number of likely N-dealkylation sites (N-methyl/N-ethyl adjacent to an activating group) is 1. The van der Waals surface area contributed by atoms with Gasteiger partial charge in [-0.3, -0.25) is 9.78 Å². The third-order valence-corrected chi connectivity index (χ3v) is 9.94. The zero-order chi connectivity index (χ0) is 34.3. The van der Waals surface area contributed by atoms with Crippen molar-refractivity contribution in [1.29, 1.82) is 0 Å². The maximum absolute atomic E-state index is 12.5. The summed E-state index contributed by atoms with van der Waals surface area (Å²) >= 11 is 1.62. The van der Waals surface area contributed by atoms with Crippen LogP contribution in [0.25, 0.3) is 11.1 Å². The van der Waals surface area contributed by atoms with Gasteiger partial charge in [0.1, 0.15) is 30.2 Å². The van der Waals surface area contributed by atoms with E-state index in [2.05, 4.69) is 17.1 Å². The van der Waals surface area contributed by atoms with Crippen molar-refractivity contribution < 1.29 is 39.8 Å². The van der Waals surface area contributed by atoms with Gasteiger partial charge in [0.25, 0.3) is 0 Å². The normalized spacial score (nSPS) is 17.7. The molecule has 3 aromatic rings. The molecule has 260 valence electrons. The number of carbonyl (C=O) groups is 1. The zero-order valence-electron chi connectivity index (χ0n) is 27.6. The van der Waals surface area contributed by atoms with Crippen LogP contribution in [0.2, 0.25) is 0 Å². The van der Waals surface area contributed by atoms with Crippen molar-refractivity contribution in [1.82, 2.24) is 14.9 Å². The number of pyridine rings is 2. The van der Waals surface area contributed by atoms with E-state index in [1.165, 1.54) is 11.9 Å². The van der Waals surface area contributed by atoms with Crippen molar-refractivity contribution in [2.45, 2.75) is 99.6 Å². The number of hydrogen-bond acceptors (Lipinski definition) is 11.